The summed E-state index contributed by atoms with van der Waals surface area (Å²) in [7, 11) is 0. The van der Waals surface area contributed by atoms with Gasteiger partial charge in [0.2, 0.25) is 5.91 Å². The van der Waals surface area contributed by atoms with E-state index in [1.54, 1.807) is 0 Å². The summed E-state index contributed by atoms with van der Waals surface area (Å²) in [4.78, 5) is 19.7. The van der Waals surface area contributed by atoms with E-state index in [1.165, 1.54) is 11.1 Å². The maximum atomic E-state index is 15.1. The number of hydrogen-bond donors (Lipinski definition) is 0. The fourth-order valence-corrected chi connectivity index (χ4v) is 6.14. The van der Waals surface area contributed by atoms with Crippen LogP contribution in [0.5, 0.6) is 0 Å². The van der Waals surface area contributed by atoms with Crippen LogP contribution in [0.2, 0.25) is 0 Å². The Morgan fingerprint density at radius 2 is 1.64 bits per heavy atom. The fourth-order valence-electron chi connectivity index (χ4n) is 6.14. The van der Waals surface area contributed by atoms with Gasteiger partial charge in [-0.15, -0.1) is 0 Å². The molecule has 2 aliphatic heterocycles. The molecular weight excluding hydrogens is 420 g/mol. The molecule has 1 amide bonds. The van der Waals surface area contributed by atoms with Crippen molar-refractivity contribution in [2.24, 2.45) is 5.92 Å². The van der Waals surface area contributed by atoms with Gasteiger partial charge >= 0.3 is 0 Å². The Morgan fingerprint density at radius 1 is 1.00 bits per heavy atom. The Morgan fingerprint density at radius 3 is 2.24 bits per heavy atom. The topological polar surface area (TPSA) is 26.8 Å². The van der Waals surface area contributed by atoms with Gasteiger partial charge in [0, 0.05) is 70.1 Å². The van der Waals surface area contributed by atoms with Crippen LogP contribution in [-0.4, -0.2) is 77.9 Å². The summed E-state index contributed by atoms with van der Waals surface area (Å²) >= 11 is 0. The maximum Gasteiger partial charge on any atom is 0.252 e. The highest BCUT2D eigenvalue weighted by atomic mass is 19.3. The highest BCUT2D eigenvalue weighted by Crippen LogP contribution is 2.43. The van der Waals surface area contributed by atoms with E-state index >= 15 is 8.78 Å². The zero-order valence-corrected chi connectivity index (χ0v) is 20.6. The molecule has 0 spiro atoms. The van der Waals surface area contributed by atoms with Gasteiger partial charge in [-0.2, -0.15) is 0 Å². The van der Waals surface area contributed by atoms with Crippen LogP contribution in [0.1, 0.15) is 69.4 Å². The van der Waals surface area contributed by atoms with Crippen molar-refractivity contribution in [3.05, 3.63) is 35.4 Å². The lowest BCUT2D eigenvalue weighted by Crippen LogP contribution is -2.58. The number of aryl methyl sites for hydroxylation is 1. The lowest BCUT2D eigenvalue weighted by Gasteiger charge is -2.47. The van der Waals surface area contributed by atoms with Crippen LogP contribution in [0.15, 0.2) is 24.3 Å². The first-order chi connectivity index (χ1) is 15.7. The van der Waals surface area contributed by atoms with Crippen LogP contribution >= 0.6 is 0 Å². The molecule has 0 N–H and O–H groups in total. The Kier molecular flexibility index (Phi) is 7.74. The quantitative estimate of drug-likeness (QED) is 0.623. The third-order valence-electron chi connectivity index (χ3n) is 8.36. The average molecular weight is 462 g/mol. The van der Waals surface area contributed by atoms with Crippen LogP contribution in [0.25, 0.3) is 0 Å². The molecule has 0 aromatic heterocycles. The van der Waals surface area contributed by atoms with Crippen LogP contribution in [0.4, 0.5) is 8.78 Å². The number of carbonyl (C=O) groups excluding carboxylic acids is 1. The summed E-state index contributed by atoms with van der Waals surface area (Å²) in [5.74, 6) is -3.24. The van der Waals surface area contributed by atoms with Gasteiger partial charge in [-0.1, -0.05) is 29.8 Å². The normalized spacial score (nSPS) is 27.8. The van der Waals surface area contributed by atoms with E-state index < -0.39 is 11.8 Å². The molecular formula is C27H41F2N3O. The first-order valence-corrected chi connectivity index (χ1v) is 12.9. The molecule has 1 saturated carbocycles. The molecule has 33 heavy (non-hydrogen) atoms. The summed E-state index contributed by atoms with van der Waals surface area (Å²) in [6.07, 6.45) is 3.06. The molecule has 1 aromatic carbocycles. The van der Waals surface area contributed by atoms with Gasteiger partial charge in [-0.3, -0.25) is 14.6 Å². The highest BCUT2D eigenvalue weighted by molar-refractivity contribution is 5.76. The van der Waals surface area contributed by atoms with Crippen molar-refractivity contribution in [3.8, 4) is 0 Å². The molecule has 184 valence electrons. The molecule has 1 unspecified atom stereocenters. The Balaban J connectivity index is 1.36. The molecule has 3 aliphatic rings. The molecule has 4 rings (SSSR count). The third-order valence-corrected chi connectivity index (χ3v) is 8.36. The van der Waals surface area contributed by atoms with Gasteiger partial charge < -0.3 is 4.90 Å². The Hall–Kier alpha value is -1.53. The molecule has 6 heteroatoms. The Bertz CT molecular complexity index is 781. The van der Waals surface area contributed by atoms with Crippen molar-refractivity contribution in [2.75, 3.05) is 39.3 Å². The van der Waals surface area contributed by atoms with Crippen LogP contribution in [-0.2, 0) is 4.79 Å². The lowest BCUT2D eigenvalue weighted by molar-refractivity contribution is -0.150. The first kappa shape index (κ1) is 24.6. The number of carbonyl (C=O) groups is 1. The van der Waals surface area contributed by atoms with Crippen molar-refractivity contribution in [1.82, 2.24) is 14.7 Å². The summed E-state index contributed by atoms with van der Waals surface area (Å²) in [5, 5.41) is 0. The number of piperazine rings is 1. The molecule has 2 atom stereocenters. The lowest BCUT2D eigenvalue weighted by atomic mass is 9.77. The van der Waals surface area contributed by atoms with E-state index in [9.17, 15) is 4.79 Å². The molecule has 2 heterocycles. The second-order valence-corrected chi connectivity index (χ2v) is 10.8. The van der Waals surface area contributed by atoms with Crippen molar-refractivity contribution in [2.45, 2.75) is 83.2 Å². The SMILES string of the molecule is Cc1ccc(C2CCN(C(=O)CC3[C@@H](N4CCN(C(C)C)CC4)CCCC3(F)F)CC2)cc1. The minimum atomic E-state index is -2.76. The zero-order valence-electron chi connectivity index (χ0n) is 20.6. The summed E-state index contributed by atoms with van der Waals surface area (Å²) < 4.78 is 30.2. The minimum Gasteiger partial charge on any atom is -0.343 e. The molecule has 0 radical (unpaired) electrons. The predicted molar refractivity (Wildman–Crippen MR) is 129 cm³/mol. The molecule has 1 aliphatic carbocycles. The van der Waals surface area contributed by atoms with Crippen LogP contribution in [0.3, 0.4) is 0 Å². The second-order valence-electron chi connectivity index (χ2n) is 10.8. The number of alkyl halides is 2. The van der Waals surface area contributed by atoms with Gasteiger partial charge in [0.15, 0.2) is 0 Å². The molecule has 3 fully saturated rings. The van der Waals surface area contributed by atoms with Gasteiger partial charge in [-0.25, -0.2) is 8.78 Å². The molecule has 0 bridgehead atoms. The van der Waals surface area contributed by atoms with Crippen molar-refractivity contribution in [3.63, 3.8) is 0 Å². The van der Waals surface area contributed by atoms with Crippen LogP contribution < -0.4 is 0 Å². The number of rotatable bonds is 5. The van der Waals surface area contributed by atoms with Gasteiger partial charge in [0.05, 0.1) is 0 Å². The van der Waals surface area contributed by atoms with E-state index in [0.717, 1.165) is 45.4 Å². The number of likely N-dealkylation sites (tertiary alicyclic amines) is 1. The summed E-state index contributed by atoms with van der Waals surface area (Å²) in [6, 6.07) is 8.95. The molecule has 1 aromatic rings. The highest BCUT2D eigenvalue weighted by Gasteiger charge is 2.50. The number of halogens is 2. The fraction of sp³-hybridized carbons (Fsp3) is 0.741. The van der Waals surface area contributed by atoms with E-state index in [1.807, 2.05) is 4.90 Å². The van der Waals surface area contributed by atoms with E-state index in [0.29, 0.717) is 31.5 Å². The maximum absolute atomic E-state index is 15.1. The predicted octanol–water partition coefficient (Wildman–Crippen LogP) is 4.92. The third kappa shape index (κ3) is 5.76. The first-order valence-electron chi connectivity index (χ1n) is 12.9. The number of nitrogens with zero attached hydrogens (tertiary/aromatic N) is 3. The number of piperidine rings is 1. The van der Waals surface area contributed by atoms with Gasteiger partial charge in [-0.05, 0) is 57.9 Å². The smallest absolute Gasteiger partial charge is 0.252 e. The number of amides is 1. The van der Waals surface area contributed by atoms with Crippen molar-refractivity contribution in [1.29, 1.82) is 0 Å². The van der Waals surface area contributed by atoms with Gasteiger partial charge in [0.1, 0.15) is 0 Å². The van der Waals surface area contributed by atoms with Gasteiger partial charge in [0.25, 0.3) is 5.92 Å². The van der Waals surface area contributed by atoms with Crippen molar-refractivity contribution >= 4 is 5.91 Å². The Labute approximate surface area is 198 Å². The monoisotopic (exact) mass is 461 g/mol. The standard InChI is InChI=1S/C27H41F2N3O/c1-20(2)30-15-17-31(18-16-30)25-5-4-12-27(28,29)24(25)19-26(33)32-13-10-23(11-14-32)22-8-6-21(3)7-9-22/h6-9,20,23-25H,4-5,10-19H2,1-3H3/t24?,25-/m0/s1. The van der Waals surface area contributed by atoms with E-state index in [4.69, 9.17) is 0 Å². The average Bonchev–Trinajstić information content (AvgIpc) is 2.81. The number of hydrogen-bond acceptors (Lipinski definition) is 3. The molecule has 2 saturated heterocycles. The van der Waals surface area contributed by atoms with Crippen LogP contribution in [0, 0.1) is 12.8 Å². The molecule has 4 nitrogen and oxygen atoms in total. The summed E-state index contributed by atoms with van der Waals surface area (Å²) in [5.41, 5.74) is 2.58. The zero-order chi connectivity index (χ0) is 23.6. The largest absolute Gasteiger partial charge is 0.343 e. The number of benzene rings is 1. The van der Waals surface area contributed by atoms with E-state index in [2.05, 4.69) is 54.8 Å². The summed E-state index contributed by atoms with van der Waals surface area (Å²) in [6.45, 7) is 11.3. The minimum absolute atomic E-state index is 0.0166. The second kappa shape index (κ2) is 10.4. The van der Waals surface area contributed by atoms with Crippen molar-refractivity contribution < 1.29 is 13.6 Å². The van der Waals surface area contributed by atoms with E-state index in [-0.39, 0.29) is 24.8 Å².